The fourth-order valence-electron chi connectivity index (χ4n) is 8.37. The number of ether oxygens (including phenoxy) is 2. The fourth-order valence-corrected chi connectivity index (χ4v) is 10.4. The highest BCUT2D eigenvalue weighted by atomic mass is 32.2. The number of unbranched alkanes of at least 4 members (excludes halogenated alkanes) is 2. The number of allylic oxidation sites excluding steroid dienone is 6. The third kappa shape index (κ3) is 16.8. The van der Waals surface area contributed by atoms with Crippen molar-refractivity contribution < 1.29 is 80.6 Å². The molecule has 21 nitrogen and oxygen atoms in total. The van der Waals surface area contributed by atoms with Crippen molar-refractivity contribution in [3.05, 3.63) is 83.6 Å². The Kier molecular flexibility index (Phi) is 20.3. The van der Waals surface area contributed by atoms with E-state index < -0.39 is 68.9 Å². The van der Waals surface area contributed by atoms with Gasteiger partial charge in [0, 0.05) is 67.0 Å². The number of nitrogens with zero attached hydrogens (tertiary/aromatic N) is 2. The maximum atomic E-state index is 12.6. The van der Waals surface area contributed by atoms with Gasteiger partial charge in [0.05, 0.1) is 46.5 Å². The molecule has 2 heterocycles. The summed E-state index contributed by atoms with van der Waals surface area (Å²) < 4.78 is 146. The Labute approximate surface area is 404 Å². The van der Waals surface area contributed by atoms with Gasteiger partial charge in [0.25, 0.3) is 40.5 Å². The van der Waals surface area contributed by atoms with Gasteiger partial charge >= 0.3 is 6.09 Å². The van der Waals surface area contributed by atoms with Crippen molar-refractivity contribution in [1.82, 2.24) is 10.6 Å². The Balaban J connectivity index is 1.56. The van der Waals surface area contributed by atoms with Gasteiger partial charge in [0.1, 0.15) is 13.2 Å². The molecule has 2 aliphatic heterocycles. The average molecular weight is 1050 g/mol. The van der Waals surface area contributed by atoms with Gasteiger partial charge in [-0.2, -0.15) is 38.2 Å². The maximum absolute atomic E-state index is 12.6. The number of alkyl carbamates (subject to hydrolysis) is 1. The number of amides is 2. The summed E-state index contributed by atoms with van der Waals surface area (Å²) in [6, 6.07) is 8.24. The molecule has 4 rings (SSSR count). The van der Waals surface area contributed by atoms with E-state index >= 15 is 0 Å². The summed E-state index contributed by atoms with van der Waals surface area (Å²) >= 11 is 0. The van der Waals surface area contributed by atoms with Gasteiger partial charge in [-0.3, -0.25) is 23.0 Å². The molecule has 2 aliphatic rings. The molecule has 0 spiro atoms. The van der Waals surface area contributed by atoms with Gasteiger partial charge < -0.3 is 30.1 Å². The zero-order valence-corrected chi connectivity index (χ0v) is 42.0. The van der Waals surface area contributed by atoms with E-state index in [4.69, 9.17) is 14.6 Å². The van der Waals surface area contributed by atoms with Crippen LogP contribution in [0.4, 0.5) is 16.2 Å². The Morgan fingerprint density at radius 1 is 0.725 bits per heavy atom. The summed E-state index contributed by atoms with van der Waals surface area (Å²) in [5.41, 5.74) is 1.70. The molecule has 2 amide bonds. The van der Waals surface area contributed by atoms with Crippen LogP contribution in [-0.2, 0) is 65.6 Å². The molecular weight excluding hydrogens is 985 g/mol. The van der Waals surface area contributed by atoms with Crippen molar-refractivity contribution in [2.24, 2.45) is 0 Å². The third-order valence-corrected chi connectivity index (χ3v) is 15.0. The summed E-state index contributed by atoms with van der Waals surface area (Å²) in [4.78, 5) is 25.5. The molecule has 1 unspecified atom stereocenters. The molecule has 0 radical (unpaired) electrons. The second-order valence-electron chi connectivity index (χ2n) is 17.2. The summed E-state index contributed by atoms with van der Waals surface area (Å²) in [6.07, 6.45) is 10.8. The van der Waals surface area contributed by atoms with Gasteiger partial charge in [-0.05, 0) is 88.4 Å². The molecule has 2 aromatic carbocycles. The van der Waals surface area contributed by atoms with E-state index in [1.807, 2.05) is 25.7 Å². The van der Waals surface area contributed by atoms with Gasteiger partial charge in [-0.1, -0.05) is 31.1 Å². The number of nitrogens with one attached hydrogen (secondary N) is 2. The quantitative estimate of drug-likeness (QED) is 0.0273. The minimum absolute atomic E-state index is 0.00709. The summed E-state index contributed by atoms with van der Waals surface area (Å²) in [5.74, 6) is -1.27. The first-order valence-electron chi connectivity index (χ1n) is 22.2. The molecule has 69 heavy (non-hydrogen) atoms. The topological polar surface area (TPSA) is 321 Å². The first-order chi connectivity index (χ1) is 32.2. The number of hydrogen-bond donors (Lipinski definition) is 7. The fraction of sp³-hybridized carbons (Fsp3) is 0.523. The van der Waals surface area contributed by atoms with Crippen LogP contribution in [0.1, 0.15) is 83.3 Å². The van der Waals surface area contributed by atoms with Crippen molar-refractivity contribution >= 4 is 69.6 Å². The lowest BCUT2D eigenvalue weighted by atomic mass is 9.77. The first-order valence-corrected chi connectivity index (χ1v) is 28.3. The molecule has 0 bridgehead atoms. The summed E-state index contributed by atoms with van der Waals surface area (Å²) in [7, 11) is -17.8. The van der Waals surface area contributed by atoms with Gasteiger partial charge in [0.15, 0.2) is 5.71 Å². The number of benzene rings is 2. The molecule has 0 aromatic heterocycles. The number of aliphatic hydroxyl groups is 1. The molecule has 0 saturated carbocycles. The van der Waals surface area contributed by atoms with Crippen LogP contribution in [0.25, 0.3) is 0 Å². The van der Waals surface area contributed by atoms with Crippen LogP contribution < -0.4 is 15.5 Å². The smallest absolute Gasteiger partial charge is 0.407 e. The Morgan fingerprint density at radius 3 is 2.01 bits per heavy atom. The van der Waals surface area contributed by atoms with Crippen LogP contribution in [-0.4, -0.2) is 143 Å². The first kappa shape index (κ1) is 57.0. The normalized spacial score (nSPS) is 17.8. The van der Waals surface area contributed by atoms with Crippen molar-refractivity contribution in [2.45, 2.75) is 92.8 Å². The number of rotatable bonds is 28. The van der Waals surface area contributed by atoms with Crippen LogP contribution in [0.5, 0.6) is 0 Å². The predicted molar refractivity (Wildman–Crippen MR) is 256 cm³/mol. The summed E-state index contributed by atoms with van der Waals surface area (Å²) in [6.45, 7) is 6.53. The molecule has 0 saturated heterocycles. The number of carbonyl (C=O) groups is 2. The van der Waals surface area contributed by atoms with E-state index in [2.05, 4.69) is 10.6 Å². The van der Waals surface area contributed by atoms with Crippen molar-refractivity contribution in [1.29, 1.82) is 0 Å². The minimum Gasteiger partial charge on any atom is -0.447 e. The number of anilines is 1. The SMILES string of the molecule is CC1(C)C(/C=C/C=C/C=C2/N(CCCS(=O)(=O)O)c3ccc(S(=O)(=O)O)cc3C2(C)CCCCCC(=O)NCCCNC(=O)OCCOCCO)=[N+](CCCS(=O)(=O)O)c2ccc(S(=O)(=O)O)cc21. The van der Waals surface area contributed by atoms with Crippen LogP contribution in [0.3, 0.4) is 0 Å². The molecule has 384 valence electrons. The minimum atomic E-state index is -4.64. The lowest BCUT2D eigenvalue weighted by Crippen LogP contribution is -2.30. The summed E-state index contributed by atoms with van der Waals surface area (Å²) in [5, 5.41) is 14.1. The molecule has 0 aliphatic carbocycles. The van der Waals surface area contributed by atoms with Crippen LogP contribution in [0.15, 0.2) is 82.3 Å². The van der Waals surface area contributed by atoms with Crippen molar-refractivity contribution in [2.75, 3.05) is 69.0 Å². The Bertz CT molecular complexity index is 2750. The monoisotopic (exact) mass is 1050 g/mol. The molecule has 1 atom stereocenters. The van der Waals surface area contributed by atoms with Gasteiger partial charge in [-0.25, -0.2) is 4.79 Å². The highest BCUT2D eigenvalue weighted by Crippen LogP contribution is 2.51. The second kappa shape index (κ2) is 24.5. The van der Waals surface area contributed by atoms with E-state index in [0.717, 1.165) is 0 Å². The predicted octanol–water partition coefficient (Wildman–Crippen LogP) is 4.08. The number of carbonyl (C=O) groups excluding carboxylic acids is 2. The average Bonchev–Trinajstić information content (AvgIpc) is 3.60. The van der Waals surface area contributed by atoms with Crippen LogP contribution in [0, 0.1) is 0 Å². The van der Waals surface area contributed by atoms with E-state index in [9.17, 15) is 61.5 Å². The van der Waals surface area contributed by atoms with Crippen molar-refractivity contribution in [3.63, 3.8) is 0 Å². The maximum Gasteiger partial charge on any atom is 0.407 e. The highest BCUT2D eigenvalue weighted by Gasteiger charge is 2.46. The standard InChI is InChI=1S/C44H62N4O17S4/c1-43(2)35-31-33(68(58,59)60)16-18-37(35)47(23-11-29-66(52,53)54)39(43)13-6-4-7-14-40-44(3,36-32-34(69(61,62)63)17-19-38(36)48(40)24-12-30-67(55,56)57)20-9-5-8-15-41(50)45-21-10-22-46-42(51)65-28-27-64-26-25-49/h4,6-7,13-14,16-19,31-32,49H,5,8-12,15,20-30H2,1-3H3,(H5-,45,46,50,51,52,53,54,55,56,57,58,59,60,61,62,63)/p+1. The molecule has 2 aromatic rings. The molecule has 0 fully saturated rings. The Hall–Kier alpha value is -4.57. The second-order valence-corrected chi connectivity index (χ2v) is 23.2. The van der Waals surface area contributed by atoms with Crippen LogP contribution in [0.2, 0.25) is 0 Å². The number of hydrogen-bond acceptors (Lipinski definition) is 14. The molecule has 25 heteroatoms. The zero-order chi connectivity index (χ0) is 51.3. The van der Waals surface area contributed by atoms with Gasteiger partial charge in [-0.15, -0.1) is 0 Å². The largest absolute Gasteiger partial charge is 0.447 e. The third-order valence-electron chi connectivity index (χ3n) is 11.7. The Morgan fingerprint density at radius 2 is 1.36 bits per heavy atom. The lowest BCUT2D eigenvalue weighted by molar-refractivity contribution is -0.437. The molecule has 7 N–H and O–H groups in total. The van der Waals surface area contributed by atoms with E-state index in [0.29, 0.717) is 72.6 Å². The number of fused-ring (bicyclic) bond motifs is 2. The lowest BCUT2D eigenvalue weighted by Gasteiger charge is -2.30. The van der Waals surface area contributed by atoms with Gasteiger partial charge in [0.2, 0.25) is 11.6 Å². The highest BCUT2D eigenvalue weighted by molar-refractivity contribution is 7.86. The zero-order valence-electron chi connectivity index (χ0n) is 38.7. The van der Waals surface area contributed by atoms with Crippen molar-refractivity contribution in [3.8, 4) is 0 Å². The number of aliphatic hydroxyl groups excluding tert-OH is 1. The van der Waals surface area contributed by atoms with E-state index in [-0.39, 0.29) is 81.0 Å². The van der Waals surface area contributed by atoms with E-state index in [1.54, 1.807) is 35.0 Å². The van der Waals surface area contributed by atoms with E-state index in [1.165, 1.54) is 36.4 Å². The molecular formula is C44H63N4O17S4+. The van der Waals surface area contributed by atoms with Crippen LogP contribution >= 0.6 is 0 Å².